The van der Waals surface area contributed by atoms with Crippen LogP contribution in [0.2, 0.25) is 0 Å². The number of amidine groups is 1. The summed E-state index contributed by atoms with van der Waals surface area (Å²) in [6.45, 7) is 0.870. The average molecular weight is 431 g/mol. The van der Waals surface area contributed by atoms with Gasteiger partial charge in [-0.05, 0) is 46.4 Å². The minimum absolute atomic E-state index is 0.367. The van der Waals surface area contributed by atoms with Crippen molar-refractivity contribution in [1.29, 1.82) is 5.26 Å². The van der Waals surface area contributed by atoms with Gasteiger partial charge >= 0.3 is 6.09 Å². The first-order valence-corrected chi connectivity index (χ1v) is 8.50. The van der Waals surface area contributed by atoms with Crippen molar-refractivity contribution in [3.8, 4) is 6.07 Å². The molecule has 1 fully saturated rings. The molecular formula is C18H14IN3O2. The van der Waals surface area contributed by atoms with Crippen molar-refractivity contribution in [3.63, 3.8) is 0 Å². The molecule has 1 aliphatic heterocycles. The summed E-state index contributed by atoms with van der Waals surface area (Å²) in [6, 6.07) is 17.3. The highest BCUT2D eigenvalue weighted by Gasteiger charge is 2.27. The van der Waals surface area contributed by atoms with Crippen molar-refractivity contribution in [2.45, 2.75) is 6.42 Å². The standard InChI is InChI=1S/C18H14IN3O2/c19-15-10-14(12-20)6-7-16(15)21-17(22-8-9-24-18(22)23)11-13-4-2-1-3-5-13/h1-7,10H,8-9,11H2. The Morgan fingerprint density at radius 1 is 1.29 bits per heavy atom. The summed E-state index contributed by atoms with van der Waals surface area (Å²) in [5.41, 5.74) is 2.39. The third-order valence-electron chi connectivity index (χ3n) is 3.60. The lowest BCUT2D eigenvalue weighted by molar-refractivity contribution is 0.168. The Balaban J connectivity index is 1.97. The van der Waals surface area contributed by atoms with Gasteiger partial charge in [-0.15, -0.1) is 0 Å². The second-order valence-electron chi connectivity index (χ2n) is 5.23. The first-order valence-electron chi connectivity index (χ1n) is 7.43. The van der Waals surface area contributed by atoms with Crippen LogP contribution in [0, 0.1) is 14.9 Å². The molecule has 2 aromatic rings. The van der Waals surface area contributed by atoms with Gasteiger partial charge in [-0.2, -0.15) is 5.26 Å². The molecule has 1 amide bonds. The molecule has 0 atom stereocenters. The summed E-state index contributed by atoms with van der Waals surface area (Å²) in [5, 5.41) is 8.98. The molecule has 0 N–H and O–H groups in total. The van der Waals surface area contributed by atoms with E-state index in [-0.39, 0.29) is 6.09 Å². The third-order valence-corrected chi connectivity index (χ3v) is 4.47. The van der Waals surface area contributed by atoms with Crippen LogP contribution in [-0.2, 0) is 11.2 Å². The van der Waals surface area contributed by atoms with Crippen molar-refractivity contribution in [1.82, 2.24) is 4.90 Å². The molecule has 0 radical (unpaired) electrons. The number of benzene rings is 2. The van der Waals surface area contributed by atoms with Gasteiger partial charge in [0.1, 0.15) is 12.4 Å². The van der Waals surface area contributed by atoms with Gasteiger partial charge in [-0.1, -0.05) is 30.3 Å². The van der Waals surface area contributed by atoms with Crippen molar-refractivity contribution in [3.05, 3.63) is 63.2 Å². The Kier molecular flexibility index (Phi) is 5.11. The molecule has 3 rings (SSSR count). The number of rotatable bonds is 3. The zero-order valence-electron chi connectivity index (χ0n) is 12.8. The van der Waals surface area contributed by atoms with Crippen LogP contribution < -0.4 is 0 Å². The molecule has 0 saturated carbocycles. The number of nitriles is 1. The summed E-state index contributed by atoms with van der Waals surface area (Å²) >= 11 is 2.15. The number of cyclic esters (lactones) is 1. The topological polar surface area (TPSA) is 65.7 Å². The van der Waals surface area contributed by atoms with Gasteiger partial charge < -0.3 is 4.74 Å². The van der Waals surface area contributed by atoms with Crippen LogP contribution in [0.5, 0.6) is 0 Å². The number of ether oxygens (including phenoxy) is 1. The maximum atomic E-state index is 12.0. The largest absolute Gasteiger partial charge is 0.447 e. The van der Waals surface area contributed by atoms with E-state index < -0.39 is 0 Å². The lowest BCUT2D eigenvalue weighted by atomic mass is 10.1. The van der Waals surface area contributed by atoms with Gasteiger partial charge in [0.15, 0.2) is 0 Å². The first kappa shape index (κ1) is 16.5. The van der Waals surface area contributed by atoms with Crippen molar-refractivity contribution < 1.29 is 9.53 Å². The molecule has 2 aromatic carbocycles. The summed E-state index contributed by atoms with van der Waals surface area (Å²) in [5.74, 6) is 0.645. The Morgan fingerprint density at radius 2 is 2.08 bits per heavy atom. The predicted molar refractivity (Wildman–Crippen MR) is 99.2 cm³/mol. The van der Waals surface area contributed by atoms with Crippen molar-refractivity contribution in [2.24, 2.45) is 4.99 Å². The molecule has 5 nitrogen and oxygen atoms in total. The van der Waals surface area contributed by atoms with Crippen molar-refractivity contribution in [2.75, 3.05) is 13.2 Å². The highest BCUT2D eigenvalue weighted by molar-refractivity contribution is 14.1. The molecule has 0 spiro atoms. The van der Waals surface area contributed by atoms with Crippen LogP contribution in [0.1, 0.15) is 11.1 Å². The van der Waals surface area contributed by atoms with E-state index in [1.54, 1.807) is 23.1 Å². The molecule has 120 valence electrons. The van der Waals surface area contributed by atoms with E-state index in [0.717, 1.165) is 14.8 Å². The lowest BCUT2D eigenvalue weighted by Crippen LogP contribution is -2.33. The number of carbonyl (C=O) groups is 1. The van der Waals surface area contributed by atoms with Gasteiger partial charge in [-0.3, -0.25) is 4.90 Å². The van der Waals surface area contributed by atoms with Gasteiger partial charge in [-0.25, -0.2) is 9.79 Å². The van der Waals surface area contributed by atoms with Crippen LogP contribution in [-0.4, -0.2) is 30.0 Å². The van der Waals surface area contributed by atoms with Gasteiger partial charge in [0.2, 0.25) is 0 Å². The minimum Gasteiger partial charge on any atom is -0.447 e. The predicted octanol–water partition coefficient (Wildman–Crippen LogP) is 3.89. The molecule has 1 saturated heterocycles. The SMILES string of the molecule is N#Cc1ccc(N=C(Cc2ccccc2)N2CCOC2=O)c(I)c1. The number of hydrogen-bond acceptors (Lipinski definition) is 4. The molecule has 6 heteroatoms. The zero-order chi connectivity index (χ0) is 16.9. The van der Waals surface area contributed by atoms with Gasteiger partial charge in [0.25, 0.3) is 0 Å². The van der Waals surface area contributed by atoms with E-state index in [1.165, 1.54) is 0 Å². The molecular weight excluding hydrogens is 417 g/mol. The smallest absolute Gasteiger partial charge is 0.415 e. The monoisotopic (exact) mass is 431 g/mol. The van der Waals surface area contributed by atoms with Crippen molar-refractivity contribution >= 4 is 40.2 Å². The van der Waals surface area contributed by atoms with E-state index in [4.69, 9.17) is 10.00 Å². The van der Waals surface area contributed by atoms with Crippen LogP contribution in [0.15, 0.2) is 53.5 Å². The normalized spacial score (nSPS) is 14.4. The zero-order valence-corrected chi connectivity index (χ0v) is 14.9. The van der Waals surface area contributed by atoms with E-state index in [2.05, 4.69) is 33.7 Å². The lowest BCUT2D eigenvalue weighted by Gasteiger charge is -2.16. The molecule has 0 bridgehead atoms. The minimum atomic E-state index is -0.367. The Morgan fingerprint density at radius 3 is 2.71 bits per heavy atom. The maximum Gasteiger partial charge on any atom is 0.415 e. The summed E-state index contributed by atoms with van der Waals surface area (Å²) in [6.07, 6.45) is 0.166. The van der Waals surface area contributed by atoms with Crippen LogP contribution in [0.25, 0.3) is 0 Å². The third kappa shape index (κ3) is 3.74. The number of hydrogen-bond donors (Lipinski definition) is 0. The van der Waals surface area contributed by atoms with E-state index in [0.29, 0.717) is 31.0 Å². The van der Waals surface area contributed by atoms with Crippen LogP contribution >= 0.6 is 22.6 Å². The van der Waals surface area contributed by atoms with Gasteiger partial charge in [0, 0.05) is 9.99 Å². The second-order valence-corrected chi connectivity index (χ2v) is 6.40. The van der Waals surface area contributed by atoms with Gasteiger partial charge in [0.05, 0.1) is 23.9 Å². The number of halogens is 1. The summed E-state index contributed by atoms with van der Waals surface area (Å²) < 4.78 is 5.92. The molecule has 24 heavy (non-hydrogen) atoms. The number of carbonyl (C=O) groups excluding carboxylic acids is 1. The quantitative estimate of drug-likeness (QED) is 0.421. The fourth-order valence-electron chi connectivity index (χ4n) is 2.41. The number of aliphatic imine (C=N–C) groups is 1. The molecule has 0 aromatic heterocycles. The average Bonchev–Trinajstić information content (AvgIpc) is 3.03. The highest BCUT2D eigenvalue weighted by atomic mass is 127. The fraction of sp³-hybridized carbons (Fsp3) is 0.167. The first-order chi connectivity index (χ1) is 11.7. The van der Waals surface area contributed by atoms with E-state index in [9.17, 15) is 4.79 Å². The Labute approximate surface area is 153 Å². The molecule has 1 aliphatic rings. The number of nitrogens with zero attached hydrogens (tertiary/aromatic N) is 3. The second kappa shape index (κ2) is 7.45. The Hall–Kier alpha value is -2.40. The molecule has 0 unspecified atom stereocenters. The number of amides is 1. The summed E-state index contributed by atoms with van der Waals surface area (Å²) in [4.78, 5) is 18.2. The Bertz CT molecular complexity index is 828. The highest BCUT2D eigenvalue weighted by Crippen LogP contribution is 2.24. The summed E-state index contributed by atoms with van der Waals surface area (Å²) in [7, 11) is 0. The van der Waals surface area contributed by atoms with E-state index in [1.807, 2.05) is 30.3 Å². The fourth-order valence-corrected chi connectivity index (χ4v) is 3.04. The molecule has 1 heterocycles. The van der Waals surface area contributed by atoms with Crippen LogP contribution in [0.3, 0.4) is 0 Å². The molecule has 0 aliphatic carbocycles. The van der Waals surface area contributed by atoms with E-state index >= 15 is 0 Å². The van der Waals surface area contributed by atoms with Crippen LogP contribution in [0.4, 0.5) is 10.5 Å². The maximum absolute atomic E-state index is 12.0.